The SMILES string of the molecule is O=C1CC(O)CC=N1. The van der Waals surface area contributed by atoms with Crippen molar-refractivity contribution in [3.63, 3.8) is 0 Å². The quantitative estimate of drug-likeness (QED) is 0.470. The summed E-state index contributed by atoms with van der Waals surface area (Å²) in [6.07, 6.45) is 1.68. The van der Waals surface area contributed by atoms with Crippen molar-refractivity contribution in [2.24, 2.45) is 4.99 Å². The van der Waals surface area contributed by atoms with Gasteiger partial charge >= 0.3 is 0 Å². The summed E-state index contributed by atoms with van der Waals surface area (Å²) in [7, 11) is 0. The van der Waals surface area contributed by atoms with E-state index in [1.165, 1.54) is 6.21 Å². The molecule has 1 rings (SSSR count). The van der Waals surface area contributed by atoms with E-state index in [0.717, 1.165) is 0 Å². The lowest BCUT2D eigenvalue weighted by Crippen LogP contribution is -2.16. The van der Waals surface area contributed by atoms with Crippen LogP contribution in [0.1, 0.15) is 12.8 Å². The van der Waals surface area contributed by atoms with Crippen LogP contribution in [0.15, 0.2) is 4.99 Å². The highest BCUT2D eigenvalue weighted by Crippen LogP contribution is 2.02. The van der Waals surface area contributed by atoms with Crippen molar-refractivity contribution in [1.82, 2.24) is 0 Å². The van der Waals surface area contributed by atoms with Gasteiger partial charge in [-0.05, 0) is 0 Å². The van der Waals surface area contributed by atoms with Crippen LogP contribution in [0.2, 0.25) is 0 Å². The fraction of sp³-hybridized carbons (Fsp3) is 0.600. The van der Waals surface area contributed by atoms with Crippen LogP contribution >= 0.6 is 0 Å². The van der Waals surface area contributed by atoms with Gasteiger partial charge in [-0.15, -0.1) is 0 Å². The van der Waals surface area contributed by atoms with E-state index in [9.17, 15) is 4.79 Å². The molecule has 0 aromatic carbocycles. The topological polar surface area (TPSA) is 49.7 Å². The van der Waals surface area contributed by atoms with Crippen molar-refractivity contribution in [2.75, 3.05) is 0 Å². The molecule has 8 heavy (non-hydrogen) atoms. The third-order valence-electron chi connectivity index (χ3n) is 1.02. The van der Waals surface area contributed by atoms with E-state index < -0.39 is 6.10 Å². The fourth-order valence-electron chi connectivity index (χ4n) is 0.614. The molecule has 3 nitrogen and oxygen atoms in total. The standard InChI is InChI=1S/C5H7NO2/c7-4-1-2-6-5(8)3-4/h2,4,7H,1,3H2. The Morgan fingerprint density at radius 3 is 3.00 bits per heavy atom. The second-order valence-electron chi connectivity index (χ2n) is 1.80. The zero-order valence-electron chi connectivity index (χ0n) is 4.37. The highest BCUT2D eigenvalue weighted by molar-refractivity contribution is 5.87. The first-order valence-electron chi connectivity index (χ1n) is 2.52. The molecular formula is C5H7NO2. The molecule has 0 fully saturated rings. The van der Waals surface area contributed by atoms with E-state index >= 15 is 0 Å². The maximum Gasteiger partial charge on any atom is 0.247 e. The normalized spacial score (nSPS) is 28.6. The molecule has 1 unspecified atom stereocenters. The molecule has 1 N–H and O–H groups in total. The number of hydrogen-bond acceptors (Lipinski definition) is 2. The third kappa shape index (κ3) is 1.13. The van der Waals surface area contributed by atoms with Crippen molar-refractivity contribution in [3.8, 4) is 0 Å². The number of aliphatic imine (C=N–C) groups is 1. The van der Waals surface area contributed by atoms with Crippen LogP contribution in [-0.4, -0.2) is 23.3 Å². The van der Waals surface area contributed by atoms with Gasteiger partial charge < -0.3 is 5.11 Å². The molecule has 1 aliphatic rings. The summed E-state index contributed by atoms with van der Waals surface area (Å²) < 4.78 is 0. The molecule has 0 aromatic rings. The Kier molecular flexibility index (Phi) is 1.39. The van der Waals surface area contributed by atoms with Gasteiger partial charge in [-0.25, -0.2) is 4.99 Å². The van der Waals surface area contributed by atoms with Crippen LogP contribution < -0.4 is 0 Å². The summed E-state index contributed by atoms with van der Waals surface area (Å²) >= 11 is 0. The van der Waals surface area contributed by atoms with Gasteiger partial charge in [-0.3, -0.25) is 4.79 Å². The smallest absolute Gasteiger partial charge is 0.247 e. The van der Waals surface area contributed by atoms with E-state index in [2.05, 4.69) is 4.99 Å². The van der Waals surface area contributed by atoms with Crippen LogP contribution in [0.4, 0.5) is 0 Å². The van der Waals surface area contributed by atoms with Crippen molar-refractivity contribution >= 4 is 12.1 Å². The van der Waals surface area contributed by atoms with Gasteiger partial charge in [0, 0.05) is 12.6 Å². The third-order valence-corrected chi connectivity index (χ3v) is 1.02. The molecule has 0 radical (unpaired) electrons. The van der Waals surface area contributed by atoms with Crippen LogP contribution in [0.25, 0.3) is 0 Å². The van der Waals surface area contributed by atoms with Gasteiger partial charge in [-0.2, -0.15) is 0 Å². The molecule has 1 aliphatic heterocycles. The van der Waals surface area contributed by atoms with E-state index in [-0.39, 0.29) is 12.3 Å². The molecule has 0 aliphatic carbocycles. The fourth-order valence-corrected chi connectivity index (χ4v) is 0.614. The summed E-state index contributed by atoms with van der Waals surface area (Å²) in [5.41, 5.74) is 0. The Hall–Kier alpha value is -0.700. The van der Waals surface area contributed by atoms with Crippen molar-refractivity contribution < 1.29 is 9.90 Å². The lowest BCUT2D eigenvalue weighted by atomic mass is 10.1. The molecule has 0 saturated heterocycles. The van der Waals surface area contributed by atoms with E-state index in [4.69, 9.17) is 5.11 Å². The van der Waals surface area contributed by atoms with Crippen molar-refractivity contribution in [1.29, 1.82) is 0 Å². The highest BCUT2D eigenvalue weighted by Gasteiger charge is 2.11. The highest BCUT2D eigenvalue weighted by atomic mass is 16.3. The molecular weight excluding hydrogens is 106 g/mol. The Balaban J connectivity index is 2.54. The van der Waals surface area contributed by atoms with Gasteiger partial charge in [0.05, 0.1) is 12.5 Å². The Labute approximate surface area is 47.0 Å². The number of aliphatic hydroxyl groups is 1. The predicted molar refractivity (Wildman–Crippen MR) is 28.7 cm³/mol. The number of amides is 1. The second kappa shape index (κ2) is 2.05. The maximum atomic E-state index is 10.3. The minimum atomic E-state index is -0.486. The molecule has 1 atom stereocenters. The zero-order chi connectivity index (χ0) is 5.98. The summed E-state index contributed by atoms with van der Waals surface area (Å²) in [5, 5.41) is 8.77. The number of rotatable bonds is 0. The minimum absolute atomic E-state index is 0.191. The maximum absolute atomic E-state index is 10.3. The van der Waals surface area contributed by atoms with E-state index in [1.807, 2.05) is 0 Å². The number of nitrogens with zero attached hydrogens (tertiary/aromatic N) is 1. The van der Waals surface area contributed by atoms with Gasteiger partial charge in [0.2, 0.25) is 5.91 Å². The van der Waals surface area contributed by atoms with Gasteiger partial charge in [-0.1, -0.05) is 0 Å². The van der Waals surface area contributed by atoms with Crippen LogP contribution in [-0.2, 0) is 4.79 Å². The second-order valence-corrected chi connectivity index (χ2v) is 1.80. The molecule has 3 heteroatoms. The van der Waals surface area contributed by atoms with Crippen LogP contribution in [0.3, 0.4) is 0 Å². The lowest BCUT2D eigenvalue weighted by molar-refractivity contribution is -0.119. The first-order valence-corrected chi connectivity index (χ1v) is 2.52. The Morgan fingerprint density at radius 2 is 2.62 bits per heavy atom. The predicted octanol–water partition coefficient (Wildman–Crippen LogP) is -0.262. The average molecular weight is 113 g/mol. The van der Waals surface area contributed by atoms with E-state index in [0.29, 0.717) is 6.42 Å². The number of aliphatic hydroxyl groups excluding tert-OH is 1. The molecule has 44 valence electrons. The summed E-state index contributed by atoms with van der Waals surface area (Å²) in [6.45, 7) is 0. The molecule has 1 heterocycles. The summed E-state index contributed by atoms with van der Waals surface area (Å²) in [5.74, 6) is -0.219. The number of carbonyl (C=O) groups is 1. The Bertz CT molecular complexity index is 130. The minimum Gasteiger partial charge on any atom is -0.392 e. The largest absolute Gasteiger partial charge is 0.392 e. The van der Waals surface area contributed by atoms with Gasteiger partial charge in [0.1, 0.15) is 0 Å². The summed E-state index contributed by atoms with van der Waals surface area (Å²) in [4.78, 5) is 13.8. The Morgan fingerprint density at radius 1 is 1.88 bits per heavy atom. The van der Waals surface area contributed by atoms with Crippen LogP contribution in [0.5, 0.6) is 0 Å². The van der Waals surface area contributed by atoms with Gasteiger partial charge in [0.15, 0.2) is 0 Å². The number of hydrogen-bond donors (Lipinski definition) is 1. The molecule has 0 spiro atoms. The van der Waals surface area contributed by atoms with Crippen molar-refractivity contribution in [2.45, 2.75) is 18.9 Å². The van der Waals surface area contributed by atoms with Crippen LogP contribution in [0, 0.1) is 0 Å². The molecule has 1 amide bonds. The van der Waals surface area contributed by atoms with Crippen molar-refractivity contribution in [3.05, 3.63) is 0 Å². The molecule has 0 bridgehead atoms. The number of carbonyl (C=O) groups excluding carboxylic acids is 1. The zero-order valence-corrected chi connectivity index (χ0v) is 4.37. The summed E-state index contributed by atoms with van der Waals surface area (Å²) in [6, 6.07) is 0. The molecule has 0 aromatic heterocycles. The first kappa shape index (κ1) is 5.44. The monoisotopic (exact) mass is 113 g/mol. The first-order chi connectivity index (χ1) is 3.79. The van der Waals surface area contributed by atoms with E-state index in [1.54, 1.807) is 0 Å². The van der Waals surface area contributed by atoms with Gasteiger partial charge in [0.25, 0.3) is 0 Å². The molecule has 0 saturated carbocycles. The lowest BCUT2D eigenvalue weighted by Gasteiger charge is -2.07. The average Bonchev–Trinajstić information content (AvgIpc) is 1.64.